The third kappa shape index (κ3) is 5.29. The van der Waals surface area contributed by atoms with E-state index in [-0.39, 0.29) is 29.1 Å². The van der Waals surface area contributed by atoms with Gasteiger partial charge in [0.2, 0.25) is 5.91 Å². The van der Waals surface area contributed by atoms with Gasteiger partial charge >= 0.3 is 6.18 Å². The van der Waals surface area contributed by atoms with Gasteiger partial charge in [0.05, 0.1) is 23.2 Å². The number of hydrogen-bond donors (Lipinski definition) is 2. The number of amidine groups is 1. The number of hydrogen-bond acceptors (Lipinski definition) is 3. The Labute approximate surface area is 174 Å². The highest BCUT2D eigenvalue weighted by Gasteiger charge is 2.34. The summed E-state index contributed by atoms with van der Waals surface area (Å²) in [6.45, 7) is 4.03. The Morgan fingerprint density at radius 2 is 1.90 bits per heavy atom. The molecule has 1 aliphatic heterocycles. The lowest BCUT2D eigenvalue weighted by molar-refractivity contribution is -0.137. The molecule has 0 fully saturated rings. The second kappa shape index (κ2) is 9.45. The molecule has 0 saturated heterocycles. The van der Waals surface area contributed by atoms with Crippen LogP contribution in [-0.2, 0) is 17.4 Å². The summed E-state index contributed by atoms with van der Waals surface area (Å²) in [5, 5.41) is 2.84. The van der Waals surface area contributed by atoms with Crippen molar-refractivity contribution in [2.24, 2.45) is 10.9 Å². The highest BCUT2D eigenvalue weighted by Crippen LogP contribution is 2.36. The maximum atomic E-state index is 13.3. The van der Waals surface area contributed by atoms with Gasteiger partial charge in [-0.05, 0) is 12.5 Å². The zero-order valence-electron chi connectivity index (χ0n) is 17.2. The topological polar surface area (TPSA) is 70.1 Å². The Hall–Kier alpha value is -2.64. The molecule has 2 unspecified atom stereocenters. The third-order valence-corrected chi connectivity index (χ3v) is 5.42. The van der Waals surface area contributed by atoms with Crippen LogP contribution < -0.4 is 5.32 Å². The molecule has 0 saturated carbocycles. The van der Waals surface area contributed by atoms with Crippen LogP contribution in [0.15, 0.2) is 35.5 Å². The van der Waals surface area contributed by atoms with Crippen LogP contribution in [0.2, 0.25) is 0 Å². The largest absolute Gasteiger partial charge is 0.417 e. The first kappa shape index (κ1) is 22.1. The average molecular weight is 420 g/mol. The number of carbonyl (C=O) groups excluding carboxylic acids is 1. The van der Waals surface area contributed by atoms with Crippen molar-refractivity contribution in [1.29, 1.82) is 0 Å². The predicted octanol–water partition coefficient (Wildman–Crippen LogP) is 5.14. The average Bonchev–Trinajstić information content (AvgIpc) is 3.18. The van der Waals surface area contributed by atoms with Crippen molar-refractivity contribution in [3.05, 3.63) is 41.9 Å². The van der Waals surface area contributed by atoms with Gasteiger partial charge < -0.3 is 10.3 Å². The number of halogens is 3. The molecule has 0 radical (unpaired) electrons. The molecular weight excluding hydrogens is 393 g/mol. The van der Waals surface area contributed by atoms with Crippen LogP contribution in [-0.4, -0.2) is 27.8 Å². The molecule has 5 nitrogen and oxygen atoms in total. The first-order valence-electron chi connectivity index (χ1n) is 10.4. The van der Waals surface area contributed by atoms with Crippen LogP contribution in [0.4, 0.5) is 13.2 Å². The molecule has 162 valence electrons. The molecule has 0 spiro atoms. The fraction of sp³-hybridized carbons (Fsp3) is 0.500. The van der Waals surface area contributed by atoms with Crippen LogP contribution in [0.5, 0.6) is 0 Å². The van der Waals surface area contributed by atoms with Crippen molar-refractivity contribution in [2.45, 2.75) is 64.6 Å². The zero-order valence-corrected chi connectivity index (χ0v) is 17.2. The van der Waals surface area contributed by atoms with Gasteiger partial charge in [-0.3, -0.25) is 9.79 Å². The number of aromatic nitrogens is 2. The van der Waals surface area contributed by atoms with Crippen molar-refractivity contribution in [2.75, 3.05) is 0 Å². The van der Waals surface area contributed by atoms with E-state index in [9.17, 15) is 18.0 Å². The first-order valence-corrected chi connectivity index (χ1v) is 10.4. The van der Waals surface area contributed by atoms with Crippen LogP contribution in [0.25, 0.3) is 11.3 Å². The minimum absolute atomic E-state index is 0.0221. The maximum Gasteiger partial charge on any atom is 0.417 e. The number of aryl methyl sites for hydroxylation is 1. The Morgan fingerprint density at radius 3 is 2.63 bits per heavy atom. The van der Waals surface area contributed by atoms with Gasteiger partial charge in [-0.15, -0.1) is 0 Å². The number of aromatic amines is 1. The Balaban J connectivity index is 1.68. The van der Waals surface area contributed by atoms with E-state index in [2.05, 4.69) is 22.2 Å². The SMILES string of the molecule is CCCCCC1N=C(CCc2nc(-c3ccccc3C(F)(F)F)c[nH]2)NC(=O)C1C. The second-order valence-electron chi connectivity index (χ2n) is 7.69. The van der Waals surface area contributed by atoms with Crippen molar-refractivity contribution in [3.63, 3.8) is 0 Å². The number of alkyl halides is 3. The summed E-state index contributed by atoms with van der Waals surface area (Å²) in [6.07, 6.45) is 2.10. The number of amides is 1. The highest BCUT2D eigenvalue weighted by atomic mass is 19.4. The lowest BCUT2D eigenvalue weighted by Crippen LogP contribution is -2.44. The van der Waals surface area contributed by atoms with Crippen molar-refractivity contribution in [1.82, 2.24) is 15.3 Å². The van der Waals surface area contributed by atoms with E-state index in [0.717, 1.165) is 31.7 Å². The van der Waals surface area contributed by atoms with Gasteiger partial charge in [-0.25, -0.2) is 4.98 Å². The van der Waals surface area contributed by atoms with Crippen LogP contribution >= 0.6 is 0 Å². The number of rotatable bonds is 8. The molecule has 0 aliphatic carbocycles. The van der Waals surface area contributed by atoms with E-state index in [1.165, 1.54) is 18.3 Å². The number of carbonyl (C=O) groups is 1. The summed E-state index contributed by atoms with van der Waals surface area (Å²) in [7, 11) is 0. The van der Waals surface area contributed by atoms with Crippen LogP contribution in [0.3, 0.4) is 0 Å². The monoisotopic (exact) mass is 420 g/mol. The lowest BCUT2D eigenvalue weighted by Gasteiger charge is -2.26. The molecule has 1 amide bonds. The van der Waals surface area contributed by atoms with E-state index in [1.54, 1.807) is 6.07 Å². The van der Waals surface area contributed by atoms with Gasteiger partial charge in [0, 0.05) is 24.6 Å². The molecule has 1 aliphatic rings. The Bertz CT molecular complexity index is 904. The van der Waals surface area contributed by atoms with E-state index in [4.69, 9.17) is 4.99 Å². The van der Waals surface area contributed by atoms with E-state index < -0.39 is 11.7 Å². The standard InChI is InChI=1S/C22H27F3N4O/c1-3-4-5-10-17-14(2)21(30)29-20(27-17)12-11-19-26-13-18(28-19)15-8-6-7-9-16(15)22(23,24)25/h6-9,13-14,17H,3-5,10-12H2,1-2H3,(H,26,28)(H,27,29,30). The molecular formula is C22H27F3N4O. The van der Waals surface area contributed by atoms with Gasteiger partial charge in [-0.1, -0.05) is 51.3 Å². The minimum Gasteiger partial charge on any atom is -0.348 e. The van der Waals surface area contributed by atoms with Gasteiger partial charge in [-0.2, -0.15) is 13.2 Å². The molecule has 2 atom stereocenters. The summed E-state index contributed by atoms with van der Waals surface area (Å²) < 4.78 is 39.8. The number of nitrogens with zero attached hydrogens (tertiary/aromatic N) is 2. The van der Waals surface area contributed by atoms with Crippen molar-refractivity contribution >= 4 is 11.7 Å². The van der Waals surface area contributed by atoms with E-state index in [1.807, 2.05) is 6.92 Å². The lowest BCUT2D eigenvalue weighted by atomic mass is 9.94. The summed E-state index contributed by atoms with van der Waals surface area (Å²) in [4.78, 5) is 24.2. The number of imidazole rings is 1. The second-order valence-corrected chi connectivity index (χ2v) is 7.69. The molecule has 2 heterocycles. The molecule has 2 aromatic rings. The third-order valence-electron chi connectivity index (χ3n) is 5.42. The minimum atomic E-state index is -4.44. The highest BCUT2D eigenvalue weighted by molar-refractivity contribution is 6.01. The molecule has 0 bridgehead atoms. The molecule has 30 heavy (non-hydrogen) atoms. The molecule has 8 heteroatoms. The fourth-order valence-corrected chi connectivity index (χ4v) is 3.64. The predicted molar refractivity (Wildman–Crippen MR) is 110 cm³/mol. The van der Waals surface area contributed by atoms with Gasteiger partial charge in [0.15, 0.2) is 0 Å². The zero-order chi connectivity index (χ0) is 21.7. The van der Waals surface area contributed by atoms with Gasteiger partial charge in [0.25, 0.3) is 0 Å². The Morgan fingerprint density at radius 1 is 1.13 bits per heavy atom. The van der Waals surface area contributed by atoms with Crippen molar-refractivity contribution < 1.29 is 18.0 Å². The molecule has 3 rings (SSSR count). The number of H-pyrrole nitrogens is 1. The summed E-state index contributed by atoms with van der Waals surface area (Å²) >= 11 is 0. The Kier molecular flexibility index (Phi) is 6.95. The quantitative estimate of drug-likeness (QED) is 0.581. The molecule has 1 aromatic carbocycles. The summed E-state index contributed by atoms with van der Waals surface area (Å²) in [5.74, 6) is 0.994. The van der Waals surface area contributed by atoms with Crippen LogP contribution in [0.1, 0.15) is 57.3 Å². The number of benzene rings is 1. The van der Waals surface area contributed by atoms with Crippen molar-refractivity contribution in [3.8, 4) is 11.3 Å². The smallest absolute Gasteiger partial charge is 0.348 e. The fourth-order valence-electron chi connectivity index (χ4n) is 3.64. The molecule has 1 aromatic heterocycles. The molecule has 2 N–H and O–H groups in total. The number of nitrogens with one attached hydrogen (secondary N) is 2. The van der Waals surface area contributed by atoms with E-state index >= 15 is 0 Å². The maximum absolute atomic E-state index is 13.3. The van der Waals surface area contributed by atoms with Crippen LogP contribution in [0, 0.1) is 5.92 Å². The number of aliphatic imine (C=N–C) groups is 1. The summed E-state index contributed by atoms with van der Waals surface area (Å²) in [6, 6.07) is 5.37. The van der Waals surface area contributed by atoms with Gasteiger partial charge in [0.1, 0.15) is 11.7 Å². The van der Waals surface area contributed by atoms with E-state index in [0.29, 0.717) is 24.5 Å². The number of unbranched alkanes of at least 4 members (excludes halogenated alkanes) is 2. The first-order chi connectivity index (χ1) is 14.3. The summed E-state index contributed by atoms with van der Waals surface area (Å²) in [5.41, 5.74) is -0.421. The normalized spacial score (nSPS) is 19.5.